The number of hydrogen-bond donors (Lipinski definition) is 0. The van der Waals surface area contributed by atoms with Gasteiger partial charge in [-0.25, -0.2) is 9.48 Å². The van der Waals surface area contributed by atoms with Gasteiger partial charge in [0.1, 0.15) is 12.1 Å². The van der Waals surface area contributed by atoms with Crippen LogP contribution < -0.4 is 10.4 Å². The van der Waals surface area contributed by atoms with E-state index in [0.717, 1.165) is 11.3 Å². The average molecular weight is 219 g/mol. The largest absolute Gasteiger partial charge is 0.496 e. The maximum atomic E-state index is 11.6. The van der Waals surface area contributed by atoms with E-state index >= 15 is 0 Å². The average Bonchev–Trinajstić information content (AvgIpc) is 2.62. The lowest BCUT2D eigenvalue weighted by Crippen LogP contribution is -2.23. The Kier molecular flexibility index (Phi) is 2.76. The van der Waals surface area contributed by atoms with Gasteiger partial charge < -0.3 is 4.74 Å². The lowest BCUT2D eigenvalue weighted by atomic mass is 10.2. The highest BCUT2D eigenvalue weighted by Crippen LogP contribution is 2.17. The van der Waals surface area contributed by atoms with Gasteiger partial charge in [-0.05, 0) is 6.07 Å². The summed E-state index contributed by atoms with van der Waals surface area (Å²) in [5.74, 6) is 0.764. The van der Waals surface area contributed by atoms with Gasteiger partial charge in [0.05, 0.1) is 13.7 Å². The van der Waals surface area contributed by atoms with E-state index in [-0.39, 0.29) is 5.69 Å². The Hall–Kier alpha value is -2.04. The molecule has 0 N–H and O–H groups in total. The summed E-state index contributed by atoms with van der Waals surface area (Å²) < 4.78 is 8.05. The lowest BCUT2D eigenvalue weighted by molar-refractivity contribution is 0.407. The standard InChI is InChI=1S/C11H13N3O2/c1-13-8-12-14(11(13)15)7-9-5-3-4-6-10(9)16-2/h3-6,8H,7H2,1-2H3. The molecule has 1 aromatic carbocycles. The molecule has 0 radical (unpaired) electrons. The summed E-state index contributed by atoms with van der Waals surface area (Å²) in [5.41, 5.74) is 0.803. The zero-order valence-electron chi connectivity index (χ0n) is 9.25. The molecule has 0 spiro atoms. The van der Waals surface area contributed by atoms with Gasteiger partial charge in [-0.15, -0.1) is 0 Å². The van der Waals surface area contributed by atoms with Gasteiger partial charge in [0.2, 0.25) is 0 Å². The second-order valence-electron chi connectivity index (χ2n) is 3.49. The van der Waals surface area contributed by atoms with Crippen molar-refractivity contribution in [3.63, 3.8) is 0 Å². The summed E-state index contributed by atoms with van der Waals surface area (Å²) in [7, 11) is 3.29. The van der Waals surface area contributed by atoms with Gasteiger partial charge in [-0.2, -0.15) is 5.10 Å². The molecule has 0 aliphatic rings. The quantitative estimate of drug-likeness (QED) is 0.761. The van der Waals surface area contributed by atoms with Crippen LogP contribution in [-0.2, 0) is 13.6 Å². The first kappa shape index (κ1) is 10.5. The molecule has 5 nitrogen and oxygen atoms in total. The molecule has 0 bridgehead atoms. The molecule has 0 fully saturated rings. The normalized spacial score (nSPS) is 10.4. The predicted octanol–water partition coefficient (Wildman–Crippen LogP) is 0.639. The summed E-state index contributed by atoms with van der Waals surface area (Å²) in [5, 5.41) is 4.00. The molecule has 0 saturated heterocycles. The molecule has 0 aliphatic carbocycles. The monoisotopic (exact) mass is 219 g/mol. The molecule has 0 amide bonds. The summed E-state index contributed by atoms with van der Waals surface area (Å²) in [4.78, 5) is 11.6. The minimum atomic E-state index is -0.133. The second-order valence-corrected chi connectivity index (χ2v) is 3.49. The number of para-hydroxylation sites is 1. The van der Waals surface area contributed by atoms with Crippen LogP contribution in [0.5, 0.6) is 5.75 Å². The van der Waals surface area contributed by atoms with E-state index in [1.165, 1.54) is 15.6 Å². The number of hydrogen-bond acceptors (Lipinski definition) is 3. The Labute approximate surface area is 92.9 Å². The maximum Gasteiger partial charge on any atom is 0.345 e. The van der Waals surface area contributed by atoms with E-state index in [2.05, 4.69) is 5.10 Å². The maximum absolute atomic E-state index is 11.6. The van der Waals surface area contributed by atoms with Gasteiger partial charge in [0.15, 0.2) is 0 Å². The highest BCUT2D eigenvalue weighted by Gasteiger charge is 2.06. The van der Waals surface area contributed by atoms with Gasteiger partial charge in [0.25, 0.3) is 0 Å². The predicted molar refractivity (Wildman–Crippen MR) is 59.6 cm³/mol. The molecule has 1 aromatic heterocycles. The van der Waals surface area contributed by atoms with E-state index < -0.39 is 0 Å². The molecular weight excluding hydrogens is 206 g/mol. The van der Waals surface area contributed by atoms with E-state index in [1.807, 2.05) is 24.3 Å². The Morgan fingerprint density at radius 3 is 2.75 bits per heavy atom. The minimum absolute atomic E-state index is 0.133. The Balaban J connectivity index is 2.34. The van der Waals surface area contributed by atoms with Crippen molar-refractivity contribution in [2.45, 2.75) is 6.54 Å². The van der Waals surface area contributed by atoms with Crippen molar-refractivity contribution < 1.29 is 4.74 Å². The molecule has 0 unspecified atom stereocenters. The topological polar surface area (TPSA) is 49.0 Å². The zero-order chi connectivity index (χ0) is 11.5. The highest BCUT2D eigenvalue weighted by molar-refractivity contribution is 5.33. The van der Waals surface area contributed by atoms with Gasteiger partial charge in [-0.1, -0.05) is 18.2 Å². The van der Waals surface area contributed by atoms with Crippen LogP contribution in [-0.4, -0.2) is 21.5 Å². The molecule has 16 heavy (non-hydrogen) atoms. The molecule has 1 heterocycles. The molecule has 5 heteroatoms. The zero-order valence-corrected chi connectivity index (χ0v) is 9.25. The van der Waals surface area contributed by atoms with E-state index in [9.17, 15) is 4.79 Å². The first-order valence-corrected chi connectivity index (χ1v) is 4.92. The number of aryl methyl sites for hydroxylation is 1. The minimum Gasteiger partial charge on any atom is -0.496 e. The van der Waals surface area contributed by atoms with Gasteiger partial charge >= 0.3 is 5.69 Å². The van der Waals surface area contributed by atoms with Crippen molar-refractivity contribution >= 4 is 0 Å². The van der Waals surface area contributed by atoms with E-state index in [0.29, 0.717) is 6.54 Å². The van der Waals surface area contributed by atoms with Crippen LogP contribution in [0.3, 0.4) is 0 Å². The molecule has 2 aromatic rings. The van der Waals surface area contributed by atoms with Gasteiger partial charge in [0, 0.05) is 12.6 Å². The summed E-state index contributed by atoms with van der Waals surface area (Å²) in [6.45, 7) is 0.420. The first-order chi connectivity index (χ1) is 7.72. The molecule has 0 aliphatic heterocycles. The number of aromatic nitrogens is 3. The number of benzene rings is 1. The van der Waals surface area contributed by atoms with Crippen molar-refractivity contribution in [1.29, 1.82) is 0 Å². The van der Waals surface area contributed by atoms with Crippen molar-refractivity contribution in [2.24, 2.45) is 7.05 Å². The summed E-state index contributed by atoms with van der Waals surface area (Å²) >= 11 is 0. The van der Waals surface area contributed by atoms with E-state index in [1.54, 1.807) is 14.2 Å². The third-order valence-corrected chi connectivity index (χ3v) is 2.40. The third kappa shape index (κ3) is 1.84. The second kappa shape index (κ2) is 4.22. The first-order valence-electron chi connectivity index (χ1n) is 4.92. The fourth-order valence-electron chi connectivity index (χ4n) is 1.52. The number of rotatable bonds is 3. The van der Waals surface area contributed by atoms with Crippen molar-refractivity contribution in [3.05, 3.63) is 46.6 Å². The fourth-order valence-corrected chi connectivity index (χ4v) is 1.52. The smallest absolute Gasteiger partial charge is 0.345 e. The molecule has 0 atom stereocenters. The van der Waals surface area contributed by atoms with E-state index in [4.69, 9.17) is 4.74 Å². The van der Waals surface area contributed by atoms with Crippen LogP contribution >= 0.6 is 0 Å². The highest BCUT2D eigenvalue weighted by atomic mass is 16.5. The van der Waals surface area contributed by atoms with Crippen LogP contribution in [0.1, 0.15) is 5.56 Å². The third-order valence-electron chi connectivity index (χ3n) is 2.40. The van der Waals surface area contributed by atoms with Gasteiger partial charge in [-0.3, -0.25) is 4.57 Å². The number of methoxy groups -OCH3 is 1. The van der Waals surface area contributed by atoms with Crippen molar-refractivity contribution in [2.75, 3.05) is 7.11 Å². The summed E-state index contributed by atoms with van der Waals surface area (Å²) in [6, 6.07) is 7.58. The fraction of sp³-hybridized carbons (Fsp3) is 0.273. The number of nitrogens with zero attached hydrogens (tertiary/aromatic N) is 3. The van der Waals surface area contributed by atoms with Crippen molar-refractivity contribution in [3.8, 4) is 5.75 Å². The molecule has 0 saturated carbocycles. The number of ether oxygens (including phenoxy) is 1. The Bertz CT molecular complexity index is 542. The van der Waals surface area contributed by atoms with Crippen LogP contribution in [0, 0.1) is 0 Å². The Morgan fingerprint density at radius 1 is 1.38 bits per heavy atom. The Morgan fingerprint density at radius 2 is 2.12 bits per heavy atom. The van der Waals surface area contributed by atoms with Crippen LogP contribution in [0.4, 0.5) is 0 Å². The lowest BCUT2D eigenvalue weighted by Gasteiger charge is -2.06. The van der Waals surface area contributed by atoms with Crippen LogP contribution in [0.2, 0.25) is 0 Å². The molecule has 2 rings (SSSR count). The SMILES string of the molecule is COc1ccccc1Cn1ncn(C)c1=O. The molecule has 84 valence electrons. The van der Waals surface area contributed by atoms with Crippen LogP contribution in [0.15, 0.2) is 35.4 Å². The molecular formula is C11H13N3O2. The summed E-state index contributed by atoms with van der Waals surface area (Å²) in [6.07, 6.45) is 1.50. The van der Waals surface area contributed by atoms with Crippen molar-refractivity contribution in [1.82, 2.24) is 14.3 Å². The van der Waals surface area contributed by atoms with Crippen LogP contribution in [0.25, 0.3) is 0 Å².